The third-order valence-electron chi connectivity index (χ3n) is 5.46. The van der Waals surface area contributed by atoms with E-state index in [1.807, 2.05) is 36.4 Å². The van der Waals surface area contributed by atoms with Gasteiger partial charge in [-0.3, -0.25) is 19.9 Å². The van der Waals surface area contributed by atoms with Gasteiger partial charge >= 0.3 is 0 Å². The summed E-state index contributed by atoms with van der Waals surface area (Å²) in [5, 5.41) is 0.289. The Labute approximate surface area is 196 Å². The molecule has 0 saturated heterocycles. The summed E-state index contributed by atoms with van der Waals surface area (Å²) in [6, 6.07) is 11.3. The zero-order chi connectivity index (χ0) is 22.6. The van der Waals surface area contributed by atoms with Crippen LogP contribution in [0.25, 0.3) is 22.1 Å². The lowest BCUT2D eigenvalue weighted by molar-refractivity contribution is 0.415. The Kier molecular flexibility index (Phi) is 6.92. The van der Waals surface area contributed by atoms with Crippen LogP contribution in [0.5, 0.6) is 11.5 Å². The molecule has 4 aromatic rings. The number of ether oxygens (including phenoxy) is 2. The lowest BCUT2D eigenvalue weighted by atomic mass is 10.3. The highest BCUT2D eigenvalue weighted by Crippen LogP contribution is 2.60. The zero-order valence-corrected chi connectivity index (χ0v) is 19.4. The second-order valence-electron chi connectivity index (χ2n) is 7.69. The first-order chi connectivity index (χ1) is 15.5. The molecule has 2 aromatic carbocycles. The molecule has 166 valence electrons. The van der Waals surface area contributed by atoms with Crippen molar-refractivity contribution in [2.75, 3.05) is 14.2 Å². The van der Waals surface area contributed by atoms with Crippen LogP contribution in [0.15, 0.2) is 61.2 Å². The smallest absolute Gasteiger partial charge is 0.121 e. The van der Waals surface area contributed by atoms with Gasteiger partial charge in [-0.25, -0.2) is 0 Å². The van der Waals surface area contributed by atoms with Crippen LogP contribution in [0.3, 0.4) is 0 Å². The Bertz CT molecular complexity index is 1130. The Morgan fingerprint density at radius 1 is 0.750 bits per heavy atom. The van der Waals surface area contributed by atoms with E-state index < -0.39 is 0 Å². The number of hydrogen-bond acceptors (Lipinski definition) is 6. The molecule has 2 aliphatic carbocycles. The van der Waals surface area contributed by atoms with Crippen molar-refractivity contribution in [3.63, 3.8) is 0 Å². The molecule has 2 aromatic heterocycles. The number of nitrogens with zero attached hydrogens (tertiary/aromatic N) is 4. The number of hydrogen-bond donors (Lipinski definition) is 0. The SMILES string of the molecule is COc1ccc2nccnc2c1.COc1ccc2nccnc2c1.ClC1CC1(Cl)C1CC1. The molecular formula is C24H24Cl2N4O2. The summed E-state index contributed by atoms with van der Waals surface area (Å²) >= 11 is 11.9. The van der Waals surface area contributed by atoms with Crippen LogP contribution in [-0.4, -0.2) is 44.4 Å². The van der Waals surface area contributed by atoms with Gasteiger partial charge in [0.25, 0.3) is 0 Å². The van der Waals surface area contributed by atoms with Crippen molar-refractivity contribution in [1.29, 1.82) is 0 Å². The molecule has 0 radical (unpaired) electrons. The minimum Gasteiger partial charge on any atom is -0.497 e. The number of fused-ring (bicyclic) bond motifs is 2. The zero-order valence-electron chi connectivity index (χ0n) is 17.9. The number of aromatic nitrogens is 4. The standard InChI is InChI=1S/2C9H8N2O.C6H8Cl2/c2*1-12-7-2-3-8-9(6-7)11-5-4-10-8;7-5-3-6(5,8)4-1-2-4/h2*2-6H,1H3;4-5H,1-3H2. The molecule has 0 N–H and O–H groups in total. The molecule has 2 saturated carbocycles. The van der Waals surface area contributed by atoms with Gasteiger partial charge in [0.1, 0.15) is 11.5 Å². The van der Waals surface area contributed by atoms with Gasteiger partial charge < -0.3 is 9.47 Å². The largest absolute Gasteiger partial charge is 0.497 e. The fraction of sp³-hybridized carbons (Fsp3) is 0.333. The van der Waals surface area contributed by atoms with Gasteiger partial charge in [-0.05, 0) is 49.4 Å². The lowest BCUT2D eigenvalue weighted by Crippen LogP contribution is -2.03. The second kappa shape index (κ2) is 9.84. The van der Waals surface area contributed by atoms with Crippen molar-refractivity contribution in [1.82, 2.24) is 19.9 Å². The van der Waals surface area contributed by atoms with Crippen molar-refractivity contribution in [2.24, 2.45) is 5.92 Å². The predicted octanol–water partition coefficient (Wildman–Crippen LogP) is 5.66. The third kappa shape index (κ3) is 5.37. The summed E-state index contributed by atoms with van der Waals surface area (Å²) < 4.78 is 10.1. The van der Waals surface area contributed by atoms with Crippen molar-refractivity contribution >= 4 is 45.3 Å². The maximum absolute atomic E-state index is 6.06. The molecule has 2 fully saturated rings. The number of rotatable bonds is 3. The molecule has 6 nitrogen and oxygen atoms in total. The molecule has 2 atom stereocenters. The van der Waals surface area contributed by atoms with Crippen LogP contribution in [0.4, 0.5) is 0 Å². The van der Waals surface area contributed by atoms with Crippen molar-refractivity contribution in [3.8, 4) is 11.5 Å². The van der Waals surface area contributed by atoms with Gasteiger partial charge in [-0.1, -0.05) is 0 Å². The number of alkyl halides is 2. The van der Waals surface area contributed by atoms with Crippen LogP contribution in [0.1, 0.15) is 19.3 Å². The minimum atomic E-state index is 0.0571. The molecule has 0 spiro atoms. The van der Waals surface area contributed by atoms with E-state index >= 15 is 0 Å². The average molecular weight is 471 g/mol. The first-order valence-electron chi connectivity index (χ1n) is 10.4. The fourth-order valence-electron chi connectivity index (χ4n) is 3.34. The molecule has 6 rings (SSSR count). The molecule has 32 heavy (non-hydrogen) atoms. The topological polar surface area (TPSA) is 70.0 Å². The molecule has 2 aliphatic rings. The van der Waals surface area contributed by atoms with Gasteiger partial charge in [0, 0.05) is 36.9 Å². The summed E-state index contributed by atoms with van der Waals surface area (Å²) in [5.74, 6) is 2.39. The minimum absolute atomic E-state index is 0.0571. The Balaban J connectivity index is 0.000000117. The van der Waals surface area contributed by atoms with Gasteiger partial charge in [-0.15, -0.1) is 23.2 Å². The number of halogens is 2. The van der Waals surface area contributed by atoms with E-state index in [2.05, 4.69) is 19.9 Å². The number of benzene rings is 2. The predicted molar refractivity (Wildman–Crippen MR) is 128 cm³/mol. The highest BCUT2D eigenvalue weighted by atomic mass is 35.5. The van der Waals surface area contributed by atoms with E-state index in [4.69, 9.17) is 32.7 Å². The third-order valence-corrected chi connectivity index (χ3v) is 6.84. The summed E-state index contributed by atoms with van der Waals surface area (Å²) in [6.07, 6.45) is 10.4. The van der Waals surface area contributed by atoms with E-state index in [1.165, 1.54) is 12.8 Å². The molecule has 2 heterocycles. The molecule has 2 unspecified atom stereocenters. The van der Waals surface area contributed by atoms with Crippen LogP contribution in [-0.2, 0) is 0 Å². The van der Waals surface area contributed by atoms with E-state index in [1.54, 1.807) is 39.0 Å². The number of methoxy groups -OCH3 is 2. The maximum atomic E-state index is 6.06. The van der Waals surface area contributed by atoms with Crippen LogP contribution in [0, 0.1) is 5.92 Å². The summed E-state index contributed by atoms with van der Waals surface area (Å²) in [4.78, 5) is 16.6. The highest BCUT2D eigenvalue weighted by molar-refractivity contribution is 6.37. The lowest BCUT2D eigenvalue weighted by Gasteiger charge is -1.99. The van der Waals surface area contributed by atoms with Crippen LogP contribution >= 0.6 is 23.2 Å². The van der Waals surface area contributed by atoms with Gasteiger partial charge in [0.05, 0.1) is 46.5 Å². The van der Waals surface area contributed by atoms with E-state index in [-0.39, 0.29) is 10.3 Å². The van der Waals surface area contributed by atoms with Gasteiger partial charge in [-0.2, -0.15) is 0 Å². The monoisotopic (exact) mass is 470 g/mol. The summed E-state index contributed by atoms with van der Waals surface area (Å²) in [7, 11) is 3.27. The first-order valence-corrected chi connectivity index (χ1v) is 11.2. The van der Waals surface area contributed by atoms with Crippen molar-refractivity contribution < 1.29 is 9.47 Å². The van der Waals surface area contributed by atoms with E-state index in [0.29, 0.717) is 0 Å². The Morgan fingerprint density at radius 2 is 1.16 bits per heavy atom. The fourth-order valence-corrected chi connectivity index (χ4v) is 4.23. The van der Waals surface area contributed by atoms with E-state index in [0.717, 1.165) is 45.9 Å². The Morgan fingerprint density at radius 3 is 1.47 bits per heavy atom. The second-order valence-corrected chi connectivity index (χ2v) is 8.93. The molecule has 0 bridgehead atoms. The quantitative estimate of drug-likeness (QED) is 0.359. The molecule has 0 aliphatic heterocycles. The summed E-state index contributed by atoms with van der Waals surface area (Å²) in [5.41, 5.74) is 3.49. The van der Waals surface area contributed by atoms with E-state index in [9.17, 15) is 0 Å². The Hall–Kier alpha value is -2.70. The van der Waals surface area contributed by atoms with Gasteiger partial charge in [0.15, 0.2) is 0 Å². The van der Waals surface area contributed by atoms with Crippen LogP contribution in [0.2, 0.25) is 0 Å². The van der Waals surface area contributed by atoms with Crippen LogP contribution < -0.4 is 9.47 Å². The first kappa shape index (κ1) is 22.5. The maximum Gasteiger partial charge on any atom is 0.121 e. The highest BCUT2D eigenvalue weighted by Gasteiger charge is 2.60. The normalized spacial score (nSPS) is 21.1. The molecule has 0 amide bonds. The molecular weight excluding hydrogens is 447 g/mol. The molecule has 8 heteroatoms. The van der Waals surface area contributed by atoms with Gasteiger partial charge in [0.2, 0.25) is 0 Å². The average Bonchev–Trinajstić information content (AvgIpc) is 3.77. The van der Waals surface area contributed by atoms with Crippen molar-refractivity contribution in [3.05, 3.63) is 61.2 Å². The summed E-state index contributed by atoms with van der Waals surface area (Å²) in [6.45, 7) is 0. The van der Waals surface area contributed by atoms with Crippen molar-refractivity contribution in [2.45, 2.75) is 29.5 Å².